The number of nitrogens with zero attached hydrogens (tertiary/aromatic N) is 2. The summed E-state index contributed by atoms with van der Waals surface area (Å²) in [5.74, 6) is -0.606. The molecular formula is C15H13F3N2O2. The van der Waals surface area contributed by atoms with Crippen LogP contribution in [0.3, 0.4) is 0 Å². The smallest absolute Gasteiger partial charge is 0.379 e. The zero-order chi connectivity index (χ0) is 16.0. The molecule has 1 aromatic heterocycles. The third-order valence-electron chi connectivity index (χ3n) is 3.88. The van der Waals surface area contributed by atoms with Gasteiger partial charge in [-0.1, -0.05) is 24.3 Å². The predicted molar refractivity (Wildman–Crippen MR) is 73.3 cm³/mol. The van der Waals surface area contributed by atoms with E-state index in [9.17, 15) is 23.1 Å². The molecule has 1 atom stereocenters. The van der Waals surface area contributed by atoms with E-state index in [-0.39, 0.29) is 12.2 Å². The molecule has 2 heterocycles. The maximum Gasteiger partial charge on any atom is 0.419 e. The number of pyridine rings is 1. The number of β-amino-alcohol motifs (C(OH)–C–C–N with tert-alkyl or cyclic N) is 1. The highest BCUT2D eigenvalue weighted by molar-refractivity contribution is 5.95. The maximum atomic E-state index is 12.8. The zero-order valence-electron chi connectivity index (χ0n) is 11.5. The summed E-state index contributed by atoms with van der Waals surface area (Å²) >= 11 is 0. The first-order chi connectivity index (χ1) is 10.3. The molecule has 0 aliphatic carbocycles. The summed E-state index contributed by atoms with van der Waals surface area (Å²) in [6.07, 6.45) is -5.27. The summed E-state index contributed by atoms with van der Waals surface area (Å²) in [7, 11) is 0. The molecule has 7 heteroatoms. The highest BCUT2D eigenvalue weighted by Gasteiger charge is 2.57. The van der Waals surface area contributed by atoms with Gasteiger partial charge in [0.25, 0.3) is 5.91 Å². The number of rotatable bonds is 1. The van der Waals surface area contributed by atoms with Crippen molar-refractivity contribution in [1.29, 1.82) is 0 Å². The molecular weight excluding hydrogens is 297 g/mol. The van der Waals surface area contributed by atoms with E-state index in [1.54, 1.807) is 18.2 Å². The Morgan fingerprint density at radius 2 is 1.95 bits per heavy atom. The minimum absolute atomic E-state index is 0.0742. The van der Waals surface area contributed by atoms with Crippen molar-refractivity contribution >= 4 is 16.8 Å². The van der Waals surface area contributed by atoms with E-state index in [0.717, 1.165) is 10.3 Å². The first-order valence-corrected chi connectivity index (χ1v) is 6.74. The number of halogens is 3. The Labute approximate surface area is 124 Å². The van der Waals surface area contributed by atoms with Gasteiger partial charge in [0, 0.05) is 18.4 Å². The Balaban J connectivity index is 1.85. The minimum atomic E-state index is -4.75. The number of hydrogen-bond donors (Lipinski definition) is 1. The van der Waals surface area contributed by atoms with E-state index in [0.29, 0.717) is 5.52 Å². The van der Waals surface area contributed by atoms with Gasteiger partial charge in [0.1, 0.15) is 5.69 Å². The van der Waals surface area contributed by atoms with Crippen molar-refractivity contribution in [2.75, 3.05) is 13.1 Å². The number of carbonyl (C=O) groups is 1. The molecule has 2 aromatic rings. The van der Waals surface area contributed by atoms with Crippen molar-refractivity contribution in [3.63, 3.8) is 0 Å². The normalized spacial score (nSPS) is 22.3. The Bertz CT molecular complexity index is 732. The van der Waals surface area contributed by atoms with Gasteiger partial charge in [-0.2, -0.15) is 13.2 Å². The molecule has 1 saturated heterocycles. The number of benzene rings is 1. The Kier molecular flexibility index (Phi) is 3.32. The lowest BCUT2D eigenvalue weighted by molar-refractivity contribution is -0.253. The summed E-state index contributed by atoms with van der Waals surface area (Å²) in [6.45, 7) is -0.910. The molecule has 3 rings (SSSR count). The lowest BCUT2D eigenvalue weighted by Crippen LogP contribution is -2.48. The van der Waals surface area contributed by atoms with Crippen LogP contribution < -0.4 is 0 Å². The molecule has 1 fully saturated rings. The van der Waals surface area contributed by atoms with Crippen LogP contribution in [0.15, 0.2) is 36.4 Å². The third kappa shape index (κ3) is 2.41. The van der Waals surface area contributed by atoms with Gasteiger partial charge >= 0.3 is 6.18 Å². The molecule has 1 aromatic carbocycles. The molecule has 4 nitrogen and oxygen atoms in total. The number of amides is 1. The molecule has 0 saturated carbocycles. The fourth-order valence-corrected chi connectivity index (χ4v) is 2.55. The molecule has 1 aliphatic rings. The lowest BCUT2D eigenvalue weighted by atomic mass is 10.0. The van der Waals surface area contributed by atoms with E-state index in [4.69, 9.17) is 0 Å². The fraction of sp³-hybridized carbons (Fsp3) is 0.333. The first kappa shape index (κ1) is 14.8. The lowest BCUT2D eigenvalue weighted by Gasteiger charge is -2.25. The third-order valence-corrected chi connectivity index (χ3v) is 3.88. The van der Waals surface area contributed by atoms with Crippen LogP contribution in [0.2, 0.25) is 0 Å². The van der Waals surface area contributed by atoms with E-state index >= 15 is 0 Å². The summed E-state index contributed by atoms with van der Waals surface area (Å²) in [4.78, 5) is 17.5. The zero-order valence-corrected chi connectivity index (χ0v) is 11.5. The van der Waals surface area contributed by atoms with Crippen LogP contribution in [-0.2, 0) is 0 Å². The summed E-state index contributed by atoms with van der Waals surface area (Å²) in [6, 6.07) is 10.3. The number of carbonyl (C=O) groups excluding carboxylic acids is 1. The van der Waals surface area contributed by atoms with E-state index in [2.05, 4.69) is 4.98 Å². The molecule has 1 amide bonds. The largest absolute Gasteiger partial charge is 0.419 e. The van der Waals surface area contributed by atoms with Crippen LogP contribution in [0.25, 0.3) is 10.9 Å². The Morgan fingerprint density at radius 1 is 1.23 bits per heavy atom. The maximum absolute atomic E-state index is 12.8. The average molecular weight is 310 g/mol. The van der Waals surface area contributed by atoms with Crippen LogP contribution in [-0.4, -0.2) is 45.8 Å². The molecule has 0 spiro atoms. The molecule has 0 bridgehead atoms. The molecule has 0 radical (unpaired) electrons. The number of aromatic nitrogens is 1. The van der Waals surface area contributed by atoms with Crippen molar-refractivity contribution in [2.24, 2.45) is 0 Å². The second-order valence-corrected chi connectivity index (χ2v) is 5.40. The van der Waals surface area contributed by atoms with Crippen molar-refractivity contribution < 1.29 is 23.1 Å². The van der Waals surface area contributed by atoms with Crippen LogP contribution in [0.4, 0.5) is 13.2 Å². The van der Waals surface area contributed by atoms with Crippen molar-refractivity contribution in [3.05, 3.63) is 42.1 Å². The number of hydrogen-bond acceptors (Lipinski definition) is 3. The summed E-state index contributed by atoms with van der Waals surface area (Å²) in [5, 5.41) is 10.5. The fourth-order valence-electron chi connectivity index (χ4n) is 2.55. The summed E-state index contributed by atoms with van der Waals surface area (Å²) in [5.41, 5.74) is -2.16. The van der Waals surface area contributed by atoms with E-state index in [1.165, 1.54) is 6.07 Å². The molecule has 0 unspecified atom stereocenters. The monoisotopic (exact) mass is 310 g/mol. The second-order valence-electron chi connectivity index (χ2n) is 5.40. The van der Waals surface area contributed by atoms with E-state index < -0.39 is 30.7 Å². The number of alkyl halides is 3. The van der Waals surface area contributed by atoms with Gasteiger partial charge in [-0.05, 0) is 12.1 Å². The summed E-state index contributed by atoms with van der Waals surface area (Å²) < 4.78 is 38.4. The number of aliphatic hydroxyl groups is 1. The predicted octanol–water partition coefficient (Wildman–Crippen LogP) is 2.37. The van der Waals surface area contributed by atoms with Crippen molar-refractivity contribution in [3.8, 4) is 0 Å². The quantitative estimate of drug-likeness (QED) is 0.880. The topological polar surface area (TPSA) is 53.4 Å². The van der Waals surface area contributed by atoms with Gasteiger partial charge in [-0.3, -0.25) is 4.79 Å². The van der Waals surface area contributed by atoms with Gasteiger partial charge in [-0.15, -0.1) is 0 Å². The second kappa shape index (κ2) is 4.95. The number of fused-ring (bicyclic) bond motifs is 1. The molecule has 116 valence electrons. The van der Waals surface area contributed by atoms with Crippen LogP contribution >= 0.6 is 0 Å². The molecule has 1 aliphatic heterocycles. The van der Waals surface area contributed by atoms with Gasteiger partial charge in [0.05, 0.1) is 12.1 Å². The van der Waals surface area contributed by atoms with Crippen molar-refractivity contribution in [1.82, 2.24) is 9.88 Å². The number of para-hydroxylation sites is 1. The highest BCUT2D eigenvalue weighted by Crippen LogP contribution is 2.37. The average Bonchev–Trinajstić information content (AvgIpc) is 2.89. The van der Waals surface area contributed by atoms with E-state index in [1.807, 2.05) is 12.1 Å². The van der Waals surface area contributed by atoms with Crippen molar-refractivity contribution in [2.45, 2.75) is 18.2 Å². The van der Waals surface area contributed by atoms with Crippen LogP contribution in [0.5, 0.6) is 0 Å². The van der Waals surface area contributed by atoms with Gasteiger partial charge in [0.15, 0.2) is 5.60 Å². The van der Waals surface area contributed by atoms with Gasteiger partial charge < -0.3 is 10.0 Å². The Hall–Kier alpha value is -2.15. The molecule has 1 N–H and O–H groups in total. The highest BCUT2D eigenvalue weighted by atomic mass is 19.4. The van der Waals surface area contributed by atoms with Gasteiger partial charge in [0.2, 0.25) is 0 Å². The van der Waals surface area contributed by atoms with Crippen LogP contribution in [0, 0.1) is 0 Å². The minimum Gasteiger partial charge on any atom is -0.379 e. The Morgan fingerprint density at radius 3 is 2.64 bits per heavy atom. The first-order valence-electron chi connectivity index (χ1n) is 6.74. The standard InChI is InChI=1S/C15H13F3N2O2/c16-15(17,18)14(22)7-8-20(9-14)13(21)12-6-5-10-3-1-2-4-11(10)19-12/h1-6,22H,7-9H2/t14-/m1/s1. The number of likely N-dealkylation sites (tertiary alicyclic amines) is 1. The molecule has 22 heavy (non-hydrogen) atoms. The SMILES string of the molecule is O=C(c1ccc2ccccc2n1)N1CC[C@](O)(C(F)(F)F)C1. The van der Waals surface area contributed by atoms with Crippen LogP contribution in [0.1, 0.15) is 16.9 Å². The van der Waals surface area contributed by atoms with Gasteiger partial charge in [-0.25, -0.2) is 4.98 Å².